The Kier molecular flexibility index (Phi) is 10.8. The van der Waals surface area contributed by atoms with Gasteiger partial charge in [-0.15, -0.1) is 24.0 Å². The summed E-state index contributed by atoms with van der Waals surface area (Å²) in [5, 5.41) is 3.10. The number of nitrogens with one attached hydrogen (secondary N) is 1. The van der Waals surface area contributed by atoms with E-state index in [4.69, 9.17) is 10.5 Å². The number of halogens is 1. The van der Waals surface area contributed by atoms with Gasteiger partial charge in [0.15, 0.2) is 5.96 Å². The van der Waals surface area contributed by atoms with Crippen molar-refractivity contribution < 1.29 is 4.74 Å². The Labute approximate surface area is 180 Å². The number of anilines is 1. The molecule has 0 amide bonds. The Morgan fingerprint density at radius 2 is 1.67 bits per heavy atom. The van der Waals surface area contributed by atoms with Crippen molar-refractivity contribution in [3.05, 3.63) is 59.7 Å². The molecule has 2 rings (SSSR count). The van der Waals surface area contributed by atoms with Crippen LogP contribution in [0, 0.1) is 6.92 Å². The fourth-order valence-electron chi connectivity index (χ4n) is 2.52. The standard InChI is InChI=1S/C21H30N4O.HI/c1-4-25(5-2)14-15-26-20-12-8-18(9-13-20)16-23-21(22)24-19-10-6-17(3)7-11-19;/h6-13H,4-5,14-16H2,1-3H3,(H3,22,23,24);1H. The molecule has 0 spiro atoms. The predicted octanol–water partition coefficient (Wildman–Crippen LogP) is 4.26. The molecule has 0 aliphatic rings. The second kappa shape index (κ2) is 12.6. The minimum absolute atomic E-state index is 0. The van der Waals surface area contributed by atoms with Gasteiger partial charge in [-0.2, -0.15) is 0 Å². The molecule has 0 radical (unpaired) electrons. The molecule has 0 bridgehead atoms. The molecule has 5 nitrogen and oxygen atoms in total. The van der Waals surface area contributed by atoms with E-state index in [0.717, 1.165) is 36.6 Å². The van der Waals surface area contributed by atoms with Crippen LogP contribution in [0.15, 0.2) is 53.5 Å². The van der Waals surface area contributed by atoms with E-state index in [-0.39, 0.29) is 24.0 Å². The van der Waals surface area contributed by atoms with Gasteiger partial charge in [-0.1, -0.05) is 43.7 Å². The third-order valence-corrected chi connectivity index (χ3v) is 4.25. The molecule has 6 heteroatoms. The number of aryl methyl sites for hydroxylation is 1. The largest absolute Gasteiger partial charge is 0.492 e. The summed E-state index contributed by atoms with van der Waals surface area (Å²) < 4.78 is 5.79. The van der Waals surface area contributed by atoms with E-state index < -0.39 is 0 Å². The van der Waals surface area contributed by atoms with Gasteiger partial charge in [0, 0.05) is 12.2 Å². The van der Waals surface area contributed by atoms with E-state index in [0.29, 0.717) is 19.1 Å². The number of guanidine groups is 1. The molecule has 0 atom stereocenters. The number of rotatable bonds is 9. The molecule has 2 aromatic rings. The van der Waals surface area contributed by atoms with Crippen LogP contribution in [0.1, 0.15) is 25.0 Å². The molecule has 0 aromatic heterocycles. The number of nitrogens with two attached hydrogens (primary N) is 1. The molecule has 3 N–H and O–H groups in total. The van der Waals surface area contributed by atoms with Crippen molar-refractivity contribution in [1.29, 1.82) is 0 Å². The zero-order chi connectivity index (χ0) is 18.8. The van der Waals surface area contributed by atoms with Crippen LogP contribution in [0.2, 0.25) is 0 Å². The molecule has 0 fully saturated rings. The molecule has 27 heavy (non-hydrogen) atoms. The Morgan fingerprint density at radius 3 is 2.26 bits per heavy atom. The molecule has 148 valence electrons. The summed E-state index contributed by atoms with van der Waals surface area (Å²) in [6.07, 6.45) is 0. The van der Waals surface area contributed by atoms with E-state index in [1.807, 2.05) is 48.5 Å². The highest BCUT2D eigenvalue weighted by molar-refractivity contribution is 14.0. The highest BCUT2D eigenvalue weighted by Crippen LogP contribution is 2.13. The summed E-state index contributed by atoms with van der Waals surface area (Å²) in [5.41, 5.74) is 9.20. The van der Waals surface area contributed by atoms with Gasteiger partial charge in [0.05, 0.1) is 6.54 Å². The fraction of sp³-hybridized carbons (Fsp3) is 0.381. The Morgan fingerprint density at radius 1 is 1.04 bits per heavy atom. The Hall–Kier alpha value is -1.80. The first-order valence-corrected chi connectivity index (χ1v) is 9.18. The first-order valence-electron chi connectivity index (χ1n) is 9.18. The average Bonchev–Trinajstić information content (AvgIpc) is 2.66. The third kappa shape index (κ3) is 8.62. The van der Waals surface area contributed by atoms with Crippen molar-refractivity contribution in [2.45, 2.75) is 27.3 Å². The normalized spacial score (nSPS) is 11.2. The molecule has 0 saturated heterocycles. The molecule has 0 saturated carbocycles. The summed E-state index contributed by atoms with van der Waals surface area (Å²) >= 11 is 0. The topological polar surface area (TPSA) is 62.9 Å². The number of hydrogen-bond acceptors (Lipinski definition) is 3. The molecular weight excluding hydrogens is 451 g/mol. The first kappa shape index (κ1) is 23.2. The molecule has 0 heterocycles. The van der Waals surface area contributed by atoms with Gasteiger partial charge in [-0.3, -0.25) is 0 Å². The van der Waals surface area contributed by atoms with Crippen LogP contribution in [-0.2, 0) is 6.54 Å². The number of hydrogen-bond donors (Lipinski definition) is 2. The lowest BCUT2D eigenvalue weighted by molar-refractivity contribution is 0.223. The summed E-state index contributed by atoms with van der Waals surface area (Å²) in [4.78, 5) is 6.73. The SMILES string of the molecule is CCN(CC)CCOc1ccc(CN=C(N)Nc2ccc(C)cc2)cc1.I. The van der Waals surface area contributed by atoms with Crippen molar-refractivity contribution in [2.24, 2.45) is 10.7 Å². The van der Waals surface area contributed by atoms with Gasteiger partial charge < -0.3 is 20.7 Å². The fourth-order valence-corrected chi connectivity index (χ4v) is 2.52. The van der Waals surface area contributed by atoms with Crippen molar-refractivity contribution in [1.82, 2.24) is 4.90 Å². The van der Waals surface area contributed by atoms with Crippen LogP contribution in [0.5, 0.6) is 5.75 Å². The lowest BCUT2D eigenvalue weighted by Crippen LogP contribution is -2.27. The number of likely N-dealkylation sites (N-methyl/N-ethyl adjacent to an activating group) is 1. The number of ether oxygens (including phenoxy) is 1. The van der Waals surface area contributed by atoms with Crippen molar-refractivity contribution in [2.75, 3.05) is 31.6 Å². The highest BCUT2D eigenvalue weighted by Gasteiger charge is 2.00. The Bertz CT molecular complexity index is 682. The minimum atomic E-state index is 0. The van der Waals surface area contributed by atoms with Gasteiger partial charge in [-0.05, 0) is 49.8 Å². The summed E-state index contributed by atoms with van der Waals surface area (Å²) in [7, 11) is 0. The van der Waals surface area contributed by atoms with Crippen LogP contribution >= 0.6 is 24.0 Å². The zero-order valence-electron chi connectivity index (χ0n) is 16.4. The summed E-state index contributed by atoms with van der Waals surface area (Å²) in [6.45, 7) is 10.7. The first-order chi connectivity index (χ1) is 12.6. The molecule has 0 aliphatic carbocycles. The molecule has 0 aliphatic heterocycles. The lowest BCUT2D eigenvalue weighted by atomic mass is 10.2. The monoisotopic (exact) mass is 482 g/mol. The number of nitrogens with zero attached hydrogens (tertiary/aromatic N) is 2. The second-order valence-corrected chi connectivity index (χ2v) is 6.21. The minimum Gasteiger partial charge on any atom is -0.492 e. The van der Waals surface area contributed by atoms with Crippen molar-refractivity contribution >= 4 is 35.6 Å². The van der Waals surface area contributed by atoms with E-state index in [9.17, 15) is 0 Å². The zero-order valence-corrected chi connectivity index (χ0v) is 18.8. The molecule has 0 unspecified atom stereocenters. The van der Waals surface area contributed by atoms with E-state index in [1.165, 1.54) is 5.56 Å². The highest BCUT2D eigenvalue weighted by atomic mass is 127. The predicted molar refractivity (Wildman–Crippen MR) is 125 cm³/mol. The second-order valence-electron chi connectivity index (χ2n) is 6.21. The molecule has 2 aromatic carbocycles. The maximum absolute atomic E-state index is 5.95. The van der Waals surface area contributed by atoms with Crippen LogP contribution in [0.4, 0.5) is 5.69 Å². The van der Waals surface area contributed by atoms with Gasteiger partial charge >= 0.3 is 0 Å². The van der Waals surface area contributed by atoms with Gasteiger partial charge in [0.25, 0.3) is 0 Å². The van der Waals surface area contributed by atoms with Crippen LogP contribution in [-0.4, -0.2) is 37.1 Å². The quantitative estimate of drug-likeness (QED) is 0.319. The Balaban J connectivity index is 0.00000364. The summed E-state index contributed by atoms with van der Waals surface area (Å²) in [6, 6.07) is 16.1. The maximum atomic E-state index is 5.95. The van der Waals surface area contributed by atoms with Crippen LogP contribution in [0.3, 0.4) is 0 Å². The number of benzene rings is 2. The van der Waals surface area contributed by atoms with Gasteiger partial charge in [0.2, 0.25) is 0 Å². The molecular formula is C21H31IN4O. The number of aliphatic imine (C=N–C) groups is 1. The van der Waals surface area contributed by atoms with E-state index in [1.54, 1.807) is 0 Å². The maximum Gasteiger partial charge on any atom is 0.193 e. The van der Waals surface area contributed by atoms with Crippen LogP contribution < -0.4 is 15.8 Å². The third-order valence-electron chi connectivity index (χ3n) is 4.25. The summed E-state index contributed by atoms with van der Waals surface area (Å²) in [5.74, 6) is 1.30. The van der Waals surface area contributed by atoms with Crippen molar-refractivity contribution in [3.63, 3.8) is 0 Å². The van der Waals surface area contributed by atoms with E-state index >= 15 is 0 Å². The van der Waals surface area contributed by atoms with E-state index in [2.05, 4.69) is 36.0 Å². The average molecular weight is 482 g/mol. The van der Waals surface area contributed by atoms with Crippen molar-refractivity contribution in [3.8, 4) is 5.75 Å². The van der Waals surface area contributed by atoms with Gasteiger partial charge in [0.1, 0.15) is 12.4 Å². The smallest absolute Gasteiger partial charge is 0.193 e. The lowest BCUT2D eigenvalue weighted by Gasteiger charge is -2.18. The van der Waals surface area contributed by atoms with Gasteiger partial charge in [-0.25, -0.2) is 4.99 Å². The van der Waals surface area contributed by atoms with Crippen LogP contribution in [0.25, 0.3) is 0 Å².